The highest BCUT2D eigenvalue weighted by atomic mass is 16.5. The van der Waals surface area contributed by atoms with E-state index in [-0.39, 0.29) is 5.91 Å². The summed E-state index contributed by atoms with van der Waals surface area (Å²) in [5, 5.41) is 3.76. The lowest BCUT2D eigenvalue weighted by Crippen LogP contribution is -2.31. The number of hydrogen-bond acceptors (Lipinski definition) is 4. The maximum atomic E-state index is 12.4. The van der Waals surface area contributed by atoms with E-state index in [2.05, 4.69) is 17.1 Å². The number of unbranched alkanes of at least 4 members (excludes halogenated alkanes) is 1. The Morgan fingerprint density at radius 1 is 1.24 bits per heavy atom. The highest BCUT2D eigenvalue weighted by Crippen LogP contribution is 2.18. The second-order valence-corrected chi connectivity index (χ2v) is 4.96. The predicted molar refractivity (Wildman–Crippen MR) is 81.0 cm³/mol. The molecule has 0 aliphatic carbocycles. The number of benzene rings is 1. The first-order chi connectivity index (χ1) is 10.2. The van der Waals surface area contributed by atoms with E-state index in [1.165, 1.54) is 0 Å². The summed E-state index contributed by atoms with van der Waals surface area (Å²) in [7, 11) is 0. The van der Waals surface area contributed by atoms with Gasteiger partial charge in [0, 0.05) is 24.2 Å². The third kappa shape index (κ3) is 3.68. The normalized spacial score (nSPS) is 10.6. The molecule has 0 saturated carbocycles. The highest BCUT2D eigenvalue weighted by Gasteiger charge is 2.14. The molecule has 0 bridgehead atoms. The third-order valence-electron chi connectivity index (χ3n) is 3.36. The number of rotatable bonds is 6. The molecule has 0 radical (unpaired) electrons. The molecule has 0 spiro atoms. The van der Waals surface area contributed by atoms with Crippen LogP contribution in [-0.2, 0) is 0 Å². The van der Waals surface area contributed by atoms with Crippen molar-refractivity contribution >= 4 is 5.91 Å². The molecule has 21 heavy (non-hydrogen) atoms. The van der Waals surface area contributed by atoms with Crippen LogP contribution in [0.2, 0.25) is 0 Å². The first kappa shape index (κ1) is 15.2. The lowest BCUT2D eigenvalue weighted by Gasteiger charge is -2.20. The van der Waals surface area contributed by atoms with Crippen LogP contribution < -0.4 is 0 Å². The van der Waals surface area contributed by atoms with E-state index in [0.29, 0.717) is 17.3 Å². The number of aromatic nitrogens is 2. The fraction of sp³-hybridized carbons (Fsp3) is 0.438. The van der Waals surface area contributed by atoms with Gasteiger partial charge in [-0.3, -0.25) is 4.79 Å². The summed E-state index contributed by atoms with van der Waals surface area (Å²) in [5.74, 6) is 1.14. The summed E-state index contributed by atoms with van der Waals surface area (Å²) in [6, 6.07) is 7.30. The van der Waals surface area contributed by atoms with E-state index in [1.807, 2.05) is 36.1 Å². The zero-order valence-electron chi connectivity index (χ0n) is 12.8. The van der Waals surface area contributed by atoms with Gasteiger partial charge in [-0.25, -0.2) is 0 Å². The van der Waals surface area contributed by atoms with Crippen LogP contribution in [0.15, 0.2) is 28.8 Å². The van der Waals surface area contributed by atoms with Crippen molar-refractivity contribution in [1.82, 2.24) is 15.0 Å². The van der Waals surface area contributed by atoms with Crippen molar-refractivity contribution in [3.05, 3.63) is 35.7 Å². The molecular weight excluding hydrogens is 266 g/mol. The Labute approximate surface area is 125 Å². The van der Waals surface area contributed by atoms with Crippen molar-refractivity contribution in [2.45, 2.75) is 33.6 Å². The summed E-state index contributed by atoms with van der Waals surface area (Å²) < 4.78 is 5.12. The molecule has 1 aromatic heterocycles. The molecule has 0 fully saturated rings. The summed E-state index contributed by atoms with van der Waals surface area (Å²) in [5.41, 5.74) is 1.51. The maximum Gasteiger partial charge on any atom is 0.257 e. The van der Waals surface area contributed by atoms with Crippen LogP contribution in [-0.4, -0.2) is 34.0 Å². The molecule has 2 rings (SSSR count). The van der Waals surface area contributed by atoms with E-state index in [9.17, 15) is 4.79 Å². The molecule has 1 amide bonds. The van der Waals surface area contributed by atoms with E-state index < -0.39 is 0 Å². The number of carbonyl (C=O) groups is 1. The number of hydrogen-bond donors (Lipinski definition) is 0. The van der Waals surface area contributed by atoms with Gasteiger partial charge >= 0.3 is 0 Å². The molecule has 0 N–H and O–H groups in total. The molecule has 0 unspecified atom stereocenters. The topological polar surface area (TPSA) is 59.2 Å². The Morgan fingerprint density at radius 3 is 2.48 bits per heavy atom. The monoisotopic (exact) mass is 287 g/mol. The molecule has 5 nitrogen and oxygen atoms in total. The fourth-order valence-corrected chi connectivity index (χ4v) is 2.10. The van der Waals surface area contributed by atoms with Gasteiger partial charge in [0.15, 0.2) is 5.82 Å². The van der Waals surface area contributed by atoms with Crippen LogP contribution in [0.3, 0.4) is 0 Å². The van der Waals surface area contributed by atoms with Gasteiger partial charge < -0.3 is 9.42 Å². The van der Waals surface area contributed by atoms with Crippen LogP contribution >= 0.6 is 0 Å². The van der Waals surface area contributed by atoms with E-state index in [1.54, 1.807) is 6.92 Å². The average molecular weight is 287 g/mol. The van der Waals surface area contributed by atoms with Gasteiger partial charge in [0.25, 0.3) is 11.8 Å². The molecule has 0 aliphatic heterocycles. The molecule has 5 heteroatoms. The van der Waals surface area contributed by atoms with Crippen molar-refractivity contribution in [2.24, 2.45) is 0 Å². The molecule has 1 aromatic carbocycles. The number of aryl methyl sites for hydroxylation is 1. The fourth-order valence-electron chi connectivity index (χ4n) is 2.10. The SMILES string of the molecule is CCCCN(CC)C(=O)c1ccc(-c2nc(C)no2)cc1. The first-order valence-corrected chi connectivity index (χ1v) is 7.35. The van der Waals surface area contributed by atoms with Gasteiger partial charge in [-0.2, -0.15) is 4.98 Å². The largest absolute Gasteiger partial charge is 0.339 e. The zero-order valence-corrected chi connectivity index (χ0v) is 12.8. The van der Waals surface area contributed by atoms with Crippen LogP contribution in [0.4, 0.5) is 0 Å². The minimum atomic E-state index is 0.0687. The molecule has 0 atom stereocenters. The van der Waals surface area contributed by atoms with Crippen molar-refractivity contribution in [3.63, 3.8) is 0 Å². The molecular formula is C16H21N3O2. The van der Waals surface area contributed by atoms with Crippen molar-refractivity contribution in [1.29, 1.82) is 0 Å². The van der Waals surface area contributed by atoms with Gasteiger partial charge in [-0.15, -0.1) is 0 Å². The Morgan fingerprint density at radius 2 is 1.95 bits per heavy atom. The van der Waals surface area contributed by atoms with Gasteiger partial charge in [0.2, 0.25) is 0 Å². The minimum absolute atomic E-state index is 0.0687. The summed E-state index contributed by atoms with van der Waals surface area (Å²) in [4.78, 5) is 18.5. The predicted octanol–water partition coefficient (Wildman–Crippen LogP) is 3.31. The van der Waals surface area contributed by atoms with E-state index >= 15 is 0 Å². The number of carbonyl (C=O) groups excluding carboxylic acids is 1. The van der Waals surface area contributed by atoms with Gasteiger partial charge in [-0.05, 0) is 44.5 Å². The van der Waals surface area contributed by atoms with Gasteiger partial charge in [-0.1, -0.05) is 18.5 Å². The third-order valence-corrected chi connectivity index (χ3v) is 3.36. The second-order valence-electron chi connectivity index (χ2n) is 4.96. The number of amides is 1. The van der Waals surface area contributed by atoms with Crippen LogP contribution in [0.25, 0.3) is 11.5 Å². The van der Waals surface area contributed by atoms with Crippen LogP contribution in [0.5, 0.6) is 0 Å². The zero-order chi connectivity index (χ0) is 15.2. The standard InChI is InChI=1S/C16H21N3O2/c1-4-6-11-19(5-2)16(20)14-9-7-13(8-10-14)15-17-12(3)18-21-15/h7-10H,4-6,11H2,1-3H3. The summed E-state index contributed by atoms with van der Waals surface area (Å²) >= 11 is 0. The van der Waals surface area contributed by atoms with Crippen LogP contribution in [0.1, 0.15) is 42.9 Å². The van der Waals surface area contributed by atoms with E-state index in [0.717, 1.165) is 31.5 Å². The Balaban J connectivity index is 2.12. The molecule has 0 saturated heterocycles. The van der Waals surface area contributed by atoms with E-state index in [4.69, 9.17) is 4.52 Å². The van der Waals surface area contributed by atoms with Crippen molar-refractivity contribution in [3.8, 4) is 11.5 Å². The lowest BCUT2D eigenvalue weighted by atomic mass is 10.1. The lowest BCUT2D eigenvalue weighted by molar-refractivity contribution is 0.0762. The Hall–Kier alpha value is -2.17. The average Bonchev–Trinajstić information content (AvgIpc) is 2.94. The Kier molecular flexibility index (Phi) is 5.09. The van der Waals surface area contributed by atoms with Crippen molar-refractivity contribution in [2.75, 3.05) is 13.1 Å². The highest BCUT2D eigenvalue weighted by molar-refractivity contribution is 5.94. The molecule has 0 aliphatic rings. The van der Waals surface area contributed by atoms with Crippen molar-refractivity contribution < 1.29 is 9.32 Å². The van der Waals surface area contributed by atoms with Crippen LogP contribution in [0, 0.1) is 6.92 Å². The maximum absolute atomic E-state index is 12.4. The first-order valence-electron chi connectivity index (χ1n) is 7.35. The van der Waals surface area contributed by atoms with Gasteiger partial charge in [0.1, 0.15) is 0 Å². The smallest absolute Gasteiger partial charge is 0.257 e. The summed E-state index contributed by atoms with van der Waals surface area (Å²) in [6.07, 6.45) is 2.11. The second kappa shape index (κ2) is 7.02. The Bertz CT molecular complexity index is 590. The van der Waals surface area contributed by atoms with Gasteiger partial charge in [0.05, 0.1) is 0 Å². The minimum Gasteiger partial charge on any atom is -0.339 e. The quantitative estimate of drug-likeness (QED) is 0.818. The summed E-state index contributed by atoms with van der Waals surface area (Å²) in [6.45, 7) is 7.43. The molecule has 1 heterocycles. The number of nitrogens with zero attached hydrogens (tertiary/aromatic N) is 3. The molecule has 2 aromatic rings. The molecule has 112 valence electrons.